The third kappa shape index (κ3) is 8.04. The summed E-state index contributed by atoms with van der Waals surface area (Å²) in [5.74, 6) is -5.67. The number of cyclic esters (lactones) is 1. The molecule has 0 radical (unpaired) electrons. The van der Waals surface area contributed by atoms with Crippen molar-refractivity contribution in [1.29, 1.82) is 0 Å². The number of nitrogens with one attached hydrogen (secondary N) is 1. The zero-order valence-electron chi connectivity index (χ0n) is 29.8. The minimum Gasteiger partial charge on any atom is -0.456 e. The minimum absolute atomic E-state index is 0.117. The molecule has 0 aromatic heterocycles. The molecule has 0 bridgehead atoms. The first-order valence-corrected chi connectivity index (χ1v) is 16.7. The molecule has 4 unspecified atom stereocenters. The number of hydrogen-bond donors (Lipinski definition) is 5. The van der Waals surface area contributed by atoms with Crippen molar-refractivity contribution in [3.05, 3.63) is 0 Å². The van der Waals surface area contributed by atoms with Crippen LogP contribution in [0.3, 0.4) is 0 Å². The first-order chi connectivity index (χ1) is 22.1. The van der Waals surface area contributed by atoms with E-state index in [4.69, 9.17) is 23.7 Å². The van der Waals surface area contributed by atoms with Crippen LogP contribution in [0, 0.1) is 17.8 Å². The van der Waals surface area contributed by atoms with Gasteiger partial charge in [0.1, 0.15) is 24.1 Å². The molecule has 0 spiro atoms. The highest BCUT2D eigenvalue weighted by Crippen LogP contribution is 2.41. The number of ketones is 2. The molecule has 0 aliphatic carbocycles. The van der Waals surface area contributed by atoms with Crippen LogP contribution in [-0.4, -0.2) is 142 Å². The van der Waals surface area contributed by atoms with Gasteiger partial charge >= 0.3 is 12.1 Å². The zero-order valence-corrected chi connectivity index (χ0v) is 29.8. The molecule has 3 aliphatic heterocycles. The van der Waals surface area contributed by atoms with Gasteiger partial charge in [-0.2, -0.15) is 0 Å². The Hall–Kier alpha value is -2.24. The van der Waals surface area contributed by atoms with E-state index in [9.17, 15) is 39.6 Å². The molecule has 1 amide bonds. The van der Waals surface area contributed by atoms with E-state index in [2.05, 4.69) is 5.32 Å². The number of hydrogen-bond acceptors (Lipinski definition) is 14. The minimum atomic E-state index is -2.73. The van der Waals surface area contributed by atoms with E-state index in [1.165, 1.54) is 13.8 Å². The van der Waals surface area contributed by atoms with Gasteiger partial charge < -0.3 is 54.3 Å². The van der Waals surface area contributed by atoms with Crippen LogP contribution in [0.2, 0.25) is 0 Å². The average Bonchev–Trinajstić information content (AvgIpc) is 3.34. The number of carbonyl (C=O) groups excluding carboxylic acids is 4. The maximum absolute atomic E-state index is 14.2. The van der Waals surface area contributed by atoms with Crippen molar-refractivity contribution in [3.63, 3.8) is 0 Å². The summed E-state index contributed by atoms with van der Waals surface area (Å²) in [6, 6.07) is -1.35. The van der Waals surface area contributed by atoms with Crippen LogP contribution in [0.25, 0.3) is 0 Å². The summed E-state index contributed by atoms with van der Waals surface area (Å²) in [4.78, 5) is 56.4. The van der Waals surface area contributed by atoms with Crippen LogP contribution in [0.5, 0.6) is 0 Å². The lowest BCUT2D eigenvalue weighted by molar-refractivity contribution is -0.299. The van der Waals surface area contributed by atoms with Crippen molar-refractivity contribution in [2.24, 2.45) is 17.8 Å². The quantitative estimate of drug-likeness (QED) is 0.172. The Kier molecular flexibility index (Phi) is 12.8. The van der Waals surface area contributed by atoms with Crippen LogP contribution in [0.4, 0.5) is 4.79 Å². The molecular weight excluding hydrogens is 632 g/mol. The number of ether oxygens (including phenoxy) is 5. The van der Waals surface area contributed by atoms with Crippen LogP contribution in [-0.2, 0) is 38.1 Å². The van der Waals surface area contributed by atoms with E-state index >= 15 is 0 Å². The molecule has 15 heteroatoms. The molecule has 3 saturated heterocycles. The number of rotatable bonds is 8. The van der Waals surface area contributed by atoms with E-state index < -0.39 is 108 Å². The fraction of sp³-hybridized carbons (Fsp3) is 0.879. The summed E-state index contributed by atoms with van der Waals surface area (Å²) in [5.41, 5.74) is -5.90. The van der Waals surface area contributed by atoms with Gasteiger partial charge in [-0.1, -0.05) is 27.7 Å². The largest absolute Gasteiger partial charge is 0.456 e. The lowest BCUT2D eigenvalue weighted by Crippen LogP contribution is -2.62. The summed E-state index contributed by atoms with van der Waals surface area (Å²) in [6.07, 6.45) is -7.08. The van der Waals surface area contributed by atoms with Crippen molar-refractivity contribution < 1.29 is 63.3 Å². The van der Waals surface area contributed by atoms with Gasteiger partial charge in [-0.05, 0) is 61.1 Å². The van der Waals surface area contributed by atoms with E-state index in [0.717, 1.165) is 6.92 Å². The first-order valence-electron chi connectivity index (χ1n) is 16.7. The number of fused-ring (bicyclic) bond motifs is 1. The second kappa shape index (κ2) is 15.3. The van der Waals surface area contributed by atoms with Gasteiger partial charge in [0.2, 0.25) is 5.60 Å². The predicted octanol–water partition coefficient (Wildman–Crippen LogP) is 0.316. The summed E-state index contributed by atoms with van der Waals surface area (Å²) in [5, 5.41) is 45.4. The highest BCUT2D eigenvalue weighted by molar-refractivity contribution is 6.07. The number of amides is 1. The molecule has 0 aromatic rings. The zero-order chi connectivity index (χ0) is 36.5. The van der Waals surface area contributed by atoms with Crippen LogP contribution >= 0.6 is 0 Å². The maximum atomic E-state index is 14.2. The van der Waals surface area contributed by atoms with E-state index in [1.807, 2.05) is 4.90 Å². The molecular formula is C33H56N2O13. The van der Waals surface area contributed by atoms with Crippen LogP contribution < -0.4 is 5.32 Å². The Morgan fingerprint density at radius 1 is 1.06 bits per heavy atom. The van der Waals surface area contributed by atoms with Gasteiger partial charge in [0.15, 0.2) is 17.7 Å². The molecule has 3 heterocycles. The van der Waals surface area contributed by atoms with E-state index in [1.54, 1.807) is 48.7 Å². The number of nitrogens with zero attached hydrogens (tertiary/aromatic N) is 1. The monoisotopic (exact) mass is 688 g/mol. The summed E-state index contributed by atoms with van der Waals surface area (Å²) in [6.45, 7) is 11.2. The van der Waals surface area contributed by atoms with Crippen LogP contribution in [0.1, 0.15) is 74.7 Å². The molecule has 3 rings (SSSR count). The first kappa shape index (κ1) is 40.2. The van der Waals surface area contributed by atoms with Gasteiger partial charge in [-0.15, -0.1) is 0 Å². The fourth-order valence-electron chi connectivity index (χ4n) is 7.49. The van der Waals surface area contributed by atoms with Gasteiger partial charge in [-0.25, -0.2) is 9.59 Å². The highest BCUT2D eigenvalue weighted by atomic mass is 16.7. The Bertz CT molecular complexity index is 1180. The lowest BCUT2D eigenvalue weighted by atomic mass is 9.73. The second-order valence-electron chi connectivity index (χ2n) is 14.6. The topological polar surface area (TPSA) is 211 Å². The predicted molar refractivity (Wildman–Crippen MR) is 169 cm³/mol. The highest BCUT2D eigenvalue weighted by Gasteiger charge is 2.59. The molecule has 276 valence electrons. The number of carbonyl (C=O) groups is 4. The summed E-state index contributed by atoms with van der Waals surface area (Å²) >= 11 is 0. The van der Waals surface area contributed by atoms with Gasteiger partial charge in [0.05, 0.1) is 37.1 Å². The molecule has 14 atom stereocenters. The smallest absolute Gasteiger partial charge is 0.408 e. The number of Topliss-reactive ketones (excluding diaryl/α,β-unsaturated/α-hetero) is 2. The Morgan fingerprint density at radius 3 is 2.25 bits per heavy atom. The average molecular weight is 689 g/mol. The molecule has 3 aliphatic rings. The third-order valence-corrected chi connectivity index (χ3v) is 10.3. The van der Waals surface area contributed by atoms with E-state index in [0.29, 0.717) is 6.42 Å². The van der Waals surface area contributed by atoms with Crippen molar-refractivity contribution in [3.8, 4) is 0 Å². The summed E-state index contributed by atoms with van der Waals surface area (Å²) < 4.78 is 30.0. The molecule has 0 saturated carbocycles. The number of aliphatic hydroxyl groups is 4. The van der Waals surface area contributed by atoms with Gasteiger partial charge in [0, 0.05) is 23.8 Å². The van der Waals surface area contributed by atoms with Crippen LogP contribution in [0.15, 0.2) is 0 Å². The molecule has 0 aromatic carbocycles. The summed E-state index contributed by atoms with van der Waals surface area (Å²) in [7, 11) is 3.59. The fourth-order valence-corrected chi connectivity index (χ4v) is 7.49. The van der Waals surface area contributed by atoms with Crippen molar-refractivity contribution in [2.45, 2.75) is 140 Å². The molecule has 3 fully saturated rings. The lowest BCUT2D eigenvalue weighted by Gasteiger charge is -2.47. The van der Waals surface area contributed by atoms with Gasteiger partial charge in [0.25, 0.3) is 0 Å². The Balaban J connectivity index is 2.20. The normalized spacial score (nSPS) is 44.0. The number of aliphatic hydroxyl groups excluding tert-OH is 3. The second-order valence-corrected chi connectivity index (χ2v) is 14.6. The van der Waals surface area contributed by atoms with Crippen molar-refractivity contribution in [1.82, 2.24) is 10.2 Å². The van der Waals surface area contributed by atoms with Crippen molar-refractivity contribution >= 4 is 23.6 Å². The van der Waals surface area contributed by atoms with E-state index in [-0.39, 0.29) is 24.7 Å². The standard InChI is InChI=1S/C33H56N2O13/c1-11-22-33(8)25(34-30(42)48-33)18(4)23(38)16(2)13-31(6,44-15-20(37)14-36)27(19(5)26(40)32(7,43)29(41)46-22)47-28-24(39)21(35(9)10)12-17(3)45-28/h16-22,24-25,27-28,36-37,39,43H,11-15H2,1-10H3,(H,34,42)/t16-,17-,18+,19+,20?,21+,22-,24-,25?,27-,28?,31+,32?,33-/m1/s1. The number of esters is 1. The molecule has 15 nitrogen and oxygen atoms in total. The number of likely N-dealkylation sites (N-methyl/N-ethyl adjacent to an activating group) is 1. The molecule has 48 heavy (non-hydrogen) atoms. The van der Waals surface area contributed by atoms with Gasteiger partial charge in [-0.3, -0.25) is 9.59 Å². The maximum Gasteiger partial charge on any atom is 0.408 e. The Morgan fingerprint density at radius 2 is 1.69 bits per heavy atom. The molecule has 5 N–H and O–H groups in total. The Labute approximate surface area is 282 Å². The van der Waals surface area contributed by atoms with Crippen molar-refractivity contribution in [2.75, 3.05) is 27.3 Å². The number of alkyl carbamates (subject to hydrolysis) is 1. The third-order valence-electron chi connectivity index (χ3n) is 10.3. The SMILES string of the molecule is CC[C@H]1OC(=O)C(C)(O)C(=O)[C@H](C)[C@@H](OC2O[C@H](C)C[C@H](N(C)C)[C@H]2O)[C@@](C)(OCC(O)CO)C[C@@H](C)C(=O)[C@H](C)C2NC(=O)O[C@@]21C.